The highest BCUT2D eigenvalue weighted by Gasteiger charge is 2.40. The van der Waals surface area contributed by atoms with Crippen molar-refractivity contribution in [2.75, 3.05) is 17.2 Å². The van der Waals surface area contributed by atoms with E-state index in [1.54, 1.807) is 44.2 Å². The second-order valence-corrected chi connectivity index (χ2v) is 7.17. The van der Waals surface area contributed by atoms with Crippen LogP contribution in [-0.4, -0.2) is 35.3 Å². The quantitative estimate of drug-likeness (QED) is 0.684. The molecule has 0 bridgehead atoms. The lowest BCUT2D eigenvalue weighted by Gasteiger charge is -2.19. The molecule has 0 unspecified atom stereocenters. The maximum Gasteiger partial charge on any atom is 0.278 e. The van der Waals surface area contributed by atoms with Gasteiger partial charge in [-0.25, -0.2) is 0 Å². The van der Waals surface area contributed by atoms with Gasteiger partial charge in [-0.1, -0.05) is 18.2 Å². The Bertz CT molecular complexity index is 1010. The molecule has 2 aromatic carbocycles. The van der Waals surface area contributed by atoms with Crippen LogP contribution >= 0.6 is 0 Å². The third-order valence-corrected chi connectivity index (χ3v) is 4.54. The Labute approximate surface area is 175 Å². The zero-order chi connectivity index (χ0) is 21.8. The van der Waals surface area contributed by atoms with Crippen molar-refractivity contribution in [2.45, 2.75) is 33.7 Å². The molecule has 0 atom stereocenters. The fraction of sp³-hybridized carbons (Fsp3) is 0.261. The first-order valence-corrected chi connectivity index (χ1v) is 9.82. The molecular formula is C23H25N3O4. The van der Waals surface area contributed by atoms with E-state index in [9.17, 15) is 14.4 Å². The van der Waals surface area contributed by atoms with E-state index in [0.717, 1.165) is 0 Å². The number of hydrogen-bond acceptors (Lipinski definition) is 5. The molecule has 0 saturated carbocycles. The summed E-state index contributed by atoms with van der Waals surface area (Å²) < 4.78 is 5.52. The van der Waals surface area contributed by atoms with Crippen LogP contribution in [-0.2, 0) is 14.4 Å². The minimum Gasteiger partial charge on any atom is -0.494 e. The molecule has 156 valence electrons. The van der Waals surface area contributed by atoms with Crippen molar-refractivity contribution in [3.63, 3.8) is 0 Å². The SMILES string of the molecule is CCOc1cccc(NC2=C(c3ccc(NC(C)=O)cc3)C(=O)N(C(C)C)C2=O)c1. The smallest absolute Gasteiger partial charge is 0.278 e. The molecular weight excluding hydrogens is 382 g/mol. The lowest BCUT2D eigenvalue weighted by Crippen LogP contribution is -2.38. The predicted molar refractivity (Wildman–Crippen MR) is 116 cm³/mol. The molecule has 7 heteroatoms. The van der Waals surface area contributed by atoms with Crippen LogP contribution in [0.3, 0.4) is 0 Å². The summed E-state index contributed by atoms with van der Waals surface area (Å²) in [5.41, 5.74) is 2.37. The van der Waals surface area contributed by atoms with Crippen LogP contribution < -0.4 is 15.4 Å². The predicted octanol–water partition coefficient (Wildman–Crippen LogP) is 3.64. The summed E-state index contributed by atoms with van der Waals surface area (Å²) in [5, 5.41) is 5.81. The Kier molecular flexibility index (Phi) is 6.20. The summed E-state index contributed by atoms with van der Waals surface area (Å²) in [5.74, 6) is -0.248. The molecule has 1 aliphatic rings. The molecule has 2 N–H and O–H groups in total. The van der Waals surface area contributed by atoms with Gasteiger partial charge in [0.05, 0.1) is 12.2 Å². The van der Waals surface area contributed by atoms with Gasteiger partial charge in [-0.2, -0.15) is 0 Å². The summed E-state index contributed by atoms with van der Waals surface area (Å²) in [6, 6.07) is 13.8. The first kappa shape index (κ1) is 21.1. The topological polar surface area (TPSA) is 87.7 Å². The number of rotatable bonds is 7. The van der Waals surface area contributed by atoms with Gasteiger partial charge in [-0.15, -0.1) is 0 Å². The van der Waals surface area contributed by atoms with Gasteiger partial charge < -0.3 is 15.4 Å². The number of nitrogens with zero attached hydrogens (tertiary/aromatic N) is 1. The molecule has 1 aliphatic heterocycles. The molecule has 0 aromatic heterocycles. The van der Waals surface area contributed by atoms with Crippen LogP contribution in [0, 0.1) is 0 Å². The number of nitrogens with one attached hydrogen (secondary N) is 2. The molecule has 30 heavy (non-hydrogen) atoms. The first-order chi connectivity index (χ1) is 14.3. The van der Waals surface area contributed by atoms with Gasteiger partial charge in [0.1, 0.15) is 11.4 Å². The highest BCUT2D eigenvalue weighted by Crippen LogP contribution is 2.32. The van der Waals surface area contributed by atoms with Gasteiger partial charge in [0, 0.05) is 30.4 Å². The van der Waals surface area contributed by atoms with Crippen LogP contribution in [0.5, 0.6) is 5.75 Å². The van der Waals surface area contributed by atoms with Gasteiger partial charge in [0.15, 0.2) is 0 Å². The average molecular weight is 407 g/mol. The molecule has 7 nitrogen and oxygen atoms in total. The van der Waals surface area contributed by atoms with Gasteiger partial charge in [-0.3, -0.25) is 19.3 Å². The molecule has 0 fully saturated rings. The summed E-state index contributed by atoms with van der Waals surface area (Å²) in [4.78, 5) is 38.7. The minimum absolute atomic E-state index is 0.184. The molecule has 0 aliphatic carbocycles. The Morgan fingerprint density at radius 3 is 2.33 bits per heavy atom. The van der Waals surface area contributed by atoms with Crippen molar-refractivity contribution in [3.8, 4) is 5.75 Å². The largest absolute Gasteiger partial charge is 0.494 e. The molecule has 0 radical (unpaired) electrons. The number of carbonyl (C=O) groups excluding carboxylic acids is 3. The van der Waals surface area contributed by atoms with Crippen LogP contribution in [0.25, 0.3) is 5.57 Å². The maximum absolute atomic E-state index is 13.1. The first-order valence-electron chi connectivity index (χ1n) is 9.82. The fourth-order valence-electron chi connectivity index (χ4n) is 3.30. The Morgan fingerprint density at radius 2 is 1.73 bits per heavy atom. The third-order valence-electron chi connectivity index (χ3n) is 4.54. The van der Waals surface area contributed by atoms with Gasteiger partial charge in [0.25, 0.3) is 11.8 Å². The molecule has 0 spiro atoms. The summed E-state index contributed by atoms with van der Waals surface area (Å²) in [6.07, 6.45) is 0. The van der Waals surface area contributed by atoms with E-state index in [-0.39, 0.29) is 29.5 Å². The van der Waals surface area contributed by atoms with Gasteiger partial charge >= 0.3 is 0 Å². The Balaban J connectivity index is 2.02. The Morgan fingerprint density at radius 1 is 1.03 bits per heavy atom. The average Bonchev–Trinajstić information content (AvgIpc) is 2.92. The van der Waals surface area contributed by atoms with E-state index in [1.807, 2.05) is 25.1 Å². The highest BCUT2D eigenvalue weighted by molar-refractivity contribution is 6.36. The van der Waals surface area contributed by atoms with Crippen LogP contribution in [0.1, 0.15) is 33.3 Å². The minimum atomic E-state index is -0.377. The van der Waals surface area contributed by atoms with E-state index in [2.05, 4.69) is 10.6 Å². The maximum atomic E-state index is 13.1. The molecule has 3 amide bonds. The van der Waals surface area contributed by atoms with E-state index >= 15 is 0 Å². The van der Waals surface area contributed by atoms with Crippen molar-refractivity contribution in [1.82, 2.24) is 4.90 Å². The summed E-state index contributed by atoms with van der Waals surface area (Å²) in [6.45, 7) is 7.44. The molecule has 2 aromatic rings. The Hall–Kier alpha value is -3.61. The number of anilines is 2. The normalized spacial score (nSPS) is 13.8. The number of imide groups is 1. The lowest BCUT2D eigenvalue weighted by atomic mass is 10.0. The molecule has 3 rings (SSSR count). The van der Waals surface area contributed by atoms with Gasteiger partial charge in [-0.05, 0) is 50.6 Å². The van der Waals surface area contributed by atoms with E-state index in [0.29, 0.717) is 34.9 Å². The van der Waals surface area contributed by atoms with E-state index in [1.165, 1.54) is 11.8 Å². The van der Waals surface area contributed by atoms with Crippen molar-refractivity contribution < 1.29 is 19.1 Å². The van der Waals surface area contributed by atoms with E-state index < -0.39 is 0 Å². The standard InChI is InChI=1S/C23H25N3O4/c1-5-30-19-8-6-7-18(13-19)25-21-20(22(28)26(14(2)3)23(21)29)16-9-11-17(12-10-16)24-15(4)27/h6-14,25H,5H2,1-4H3,(H,24,27). The lowest BCUT2D eigenvalue weighted by molar-refractivity contribution is -0.138. The highest BCUT2D eigenvalue weighted by atomic mass is 16.5. The third kappa shape index (κ3) is 4.35. The zero-order valence-corrected chi connectivity index (χ0v) is 17.5. The molecule has 0 saturated heterocycles. The van der Waals surface area contributed by atoms with Crippen molar-refractivity contribution in [3.05, 3.63) is 59.8 Å². The van der Waals surface area contributed by atoms with Crippen LogP contribution in [0.2, 0.25) is 0 Å². The number of benzene rings is 2. The molecule has 1 heterocycles. The second kappa shape index (κ2) is 8.82. The van der Waals surface area contributed by atoms with Crippen molar-refractivity contribution in [2.24, 2.45) is 0 Å². The number of amides is 3. The van der Waals surface area contributed by atoms with Crippen LogP contribution in [0.15, 0.2) is 54.2 Å². The van der Waals surface area contributed by atoms with Crippen molar-refractivity contribution in [1.29, 1.82) is 0 Å². The number of carbonyl (C=O) groups is 3. The van der Waals surface area contributed by atoms with E-state index in [4.69, 9.17) is 4.74 Å². The van der Waals surface area contributed by atoms with Gasteiger partial charge in [0.2, 0.25) is 5.91 Å². The monoisotopic (exact) mass is 407 g/mol. The summed E-state index contributed by atoms with van der Waals surface area (Å²) >= 11 is 0. The number of ether oxygens (including phenoxy) is 1. The second-order valence-electron chi connectivity index (χ2n) is 7.17. The van der Waals surface area contributed by atoms with Crippen molar-refractivity contribution >= 4 is 34.7 Å². The van der Waals surface area contributed by atoms with Crippen LogP contribution in [0.4, 0.5) is 11.4 Å². The fourth-order valence-corrected chi connectivity index (χ4v) is 3.30. The number of hydrogen-bond donors (Lipinski definition) is 2. The zero-order valence-electron chi connectivity index (χ0n) is 17.5. The summed E-state index contributed by atoms with van der Waals surface area (Å²) in [7, 11) is 0.